The van der Waals surface area contributed by atoms with Crippen molar-refractivity contribution in [1.82, 2.24) is 0 Å². The number of alkyl halides is 1. The first kappa shape index (κ1) is 14.6. The highest BCUT2D eigenvalue weighted by molar-refractivity contribution is 6.21. The van der Waals surface area contributed by atoms with Gasteiger partial charge in [-0.2, -0.15) is 0 Å². The first-order chi connectivity index (χ1) is 9.56. The molecule has 0 aromatic heterocycles. The molecule has 0 heterocycles. The third-order valence-electron chi connectivity index (χ3n) is 3.12. The van der Waals surface area contributed by atoms with Crippen LogP contribution in [-0.2, 0) is 4.74 Å². The van der Waals surface area contributed by atoms with Gasteiger partial charge >= 0.3 is 6.16 Å². The molecule has 1 saturated carbocycles. The van der Waals surface area contributed by atoms with E-state index in [1.54, 1.807) is 0 Å². The molecule has 2 unspecified atom stereocenters. The second-order valence-electron chi connectivity index (χ2n) is 4.56. The number of carbonyl (C=O) groups is 1. The van der Waals surface area contributed by atoms with Gasteiger partial charge < -0.3 is 9.47 Å². The number of non-ortho nitro benzene ring substituents is 1. The molecule has 7 heteroatoms. The number of halogens is 1. The topological polar surface area (TPSA) is 78.7 Å². The summed E-state index contributed by atoms with van der Waals surface area (Å²) in [5, 5.41) is 10.3. The summed E-state index contributed by atoms with van der Waals surface area (Å²) in [5.41, 5.74) is -0.0705. The standard InChI is InChI=1S/C13H14ClNO5/c14-11-3-1-2-4-12(11)20-13(16)19-10-7-5-9(6-8-10)15(17)18/h5-8,11-12H,1-4H2. The highest BCUT2D eigenvalue weighted by Crippen LogP contribution is 2.26. The molecule has 1 aromatic rings. The third-order valence-corrected chi connectivity index (χ3v) is 3.62. The molecule has 1 aromatic carbocycles. The molecule has 0 aliphatic heterocycles. The Morgan fingerprint density at radius 1 is 1.25 bits per heavy atom. The summed E-state index contributed by atoms with van der Waals surface area (Å²) in [6.07, 6.45) is 2.37. The highest BCUT2D eigenvalue weighted by Gasteiger charge is 2.27. The van der Waals surface area contributed by atoms with Crippen LogP contribution in [0, 0.1) is 10.1 Å². The van der Waals surface area contributed by atoms with E-state index in [1.807, 2.05) is 0 Å². The molecule has 1 aliphatic rings. The van der Waals surface area contributed by atoms with Crippen molar-refractivity contribution in [2.24, 2.45) is 0 Å². The zero-order valence-electron chi connectivity index (χ0n) is 10.7. The molecule has 2 rings (SSSR count). The Hall–Kier alpha value is -1.82. The summed E-state index contributed by atoms with van der Waals surface area (Å²) in [5.74, 6) is 0.197. The lowest BCUT2D eigenvalue weighted by Gasteiger charge is -2.26. The fourth-order valence-electron chi connectivity index (χ4n) is 2.06. The molecule has 0 spiro atoms. The van der Waals surface area contributed by atoms with Gasteiger partial charge in [-0.05, 0) is 31.4 Å². The van der Waals surface area contributed by atoms with Gasteiger partial charge in [0.2, 0.25) is 0 Å². The van der Waals surface area contributed by atoms with Gasteiger partial charge in [-0.25, -0.2) is 4.79 Å². The van der Waals surface area contributed by atoms with Gasteiger partial charge in [0, 0.05) is 12.1 Å². The Kier molecular flexibility index (Phi) is 4.79. The number of ether oxygens (including phenoxy) is 2. The lowest BCUT2D eigenvalue weighted by molar-refractivity contribution is -0.384. The molecule has 20 heavy (non-hydrogen) atoms. The van der Waals surface area contributed by atoms with Crippen LogP contribution in [0.4, 0.5) is 10.5 Å². The minimum Gasteiger partial charge on any atom is -0.429 e. The number of nitro groups is 1. The smallest absolute Gasteiger partial charge is 0.429 e. The van der Waals surface area contributed by atoms with Crippen molar-refractivity contribution < 1.29 is 19.2 Å². The van der Waals surface area contributed by atoms with Crippen LogP contribution in [-0.4, -0.2) is 22.6 Å². The number of benzene rings is 1. The van der Waals surface area contributed by atoms with Gasteiger partial charge in [0.1, 0.15) is 11.9 Å². The first-order valence-electron chi connectivity index (χ1n) is 6.33. The van der Waals surface area contributed by atoms with E-state index in [2.05, 4.69) is 0 Å². The highest BCUT2D eigenvalue weighted by atomic mass is 35.5. The zero-order chi connectivity index (χ0) is 14.5. The molecule has 0 N–H and O–H groups in total. The van der Waals surface area contributed by atoms with E-state index in [-0.39, 0.29) is 22.9 Å². The van der Waals surface area contributed by atoms with E-state index in [1.165, 1.54) is 24.3 Å². The van der Waals surface area contributed by atoms with Crippen molar-refractivity contribution in [2.75, 3.05) is 0 Å². The van der Waals surface area contributed by atoms with E-state index < -0.39 is 11.1 Å². The number of nitrogens with zero attached hydrogens (tertiary/aromatic N) is 1. The fourth-order valence-corrected chi connectivity index (χ4v) is 2.40. The molecule has 6 nitrogen and oxygen atoms in total. The summed E-state index contributed by atoms with van der Waals surface area (Å²) >= 11 is 6.08. The van der Waals surface area contributed by atoms with Crippen molar-refractivity contribution in [2.45, 2.75) is 37.2 Å². The Bertz CT molecular complexity index is 490. The SMILES string of the molecule is O=C(Oc1ccc([N+](=O)[O-])cc1)OC1CCCCC1Cl. The van der Waals surface area contributed by atoms with Crippen LogP contribution in [0.5, 0.6) is 5.75 Å². The predicted octanol–water partition coefficient (Wildman–Crippen LogP) is 3.66. The predicted molar refractivity (Wildman–Crippen MR) is 72.1 cm³/mol. The van der Waals surface area contributed by atoms with Crippen molar-refractivity contribution in [3.05, 3.63) is 34.4 Å². The zero-order valence-corrected chi connectivity index (χ0v) is 11.4. The quantitative estimate of drug-likeness (QED) is 0.280. The lowest BCUT2D eigenvalue weighted by Crippen LogP contribution is -2.31. The molecule has 1 fully saturated rings. The average Bonchev–Trinajstić information content (AvgIpc) is 2.42. The number of nitro benzene ring substituents is 1. The van der Waals surface area contributed by atoms with Crippen molar-refractivity contribution in [3.8, 4) is 5.75 Å². The molecule has 2 atom stereocenters. The summed E-state index contributed by atoms with van der Waals surface area (Å²) in [4.78, 5) is 21.6. The van der Waals surface area contributed by atoms with Crippen LogP contribution >= 0.6 is 11.6 Å². The normalized spacial score (nSPS) is 22.1. The van der Waals surface area contributed by atoms with Crippen LogP contribution < -0.4 is 4.74 Å². The van der Waals surface area contributed by atoms with E-state index in [0.29, 0.717) is 0 Å². The number of hydrogen-bond donors (Lipinski definition) is 0. The molecule has 108 valence electrons. The van der Waals surface area contributed by atoms with Gasteiger partial charge in [0.05, 0.1) is 10.3 Å². The third kappa shape index (κ3) is 3.84. The Balaban J connectivity index is 1.89. The van der Waals surface area contributed by atoms with Crippen LogP contribution in [0.1, 0.15) is 25.7 Å². The van der Waals surface area contributed by atoms with Gasteiger partial charge in [0.25, 0.3) is 5.69 Å². The van der Waals surface area contributed by atoms with Crippen molar-refractivity contribution >= 4 is 23.4 Å². The maximum Gasteiger partial charge on any atom is 0.514 e. The maximum atomic E-state index is 11.6. The summed E-state index contributed by atoms with van der Waals surface area (Å²) in [6.45, 7) is 0. The average molecular weight is 300 g/mol. The molecule has 0 saturated heterocycles. The molecular formula is C13H14ClNO5. The minimum atomic E-state index is -0.837. The Morgan fingerprint density at radius 3 is 2.50 bits per heavy atom. The monoisotopic (exact) mass is 299 g/mol. The van der Waals surface area contributed by atoms with Gasteiger partial charge in [-0.3, -0.25) is 10.1 Å². The van der Waals surface area contributed by atoms with E-state index in [4.69, 9.17) is 21.1 Å². The Labute approximate surface area is 120 Å². The van der Waals surface area contributed by atoms with E-state index >= 15 is 0 Å². The molecule has 0 radical (unpaired) electrons. The second-order valence-corrected chi connectivity index (χ2v) is 5.12. The summed E-state index contributed by atoms with van der Waals surface area (Å²) < 4.78 is 10.1. The van der Waals surface area contributed by atoms with Gasteiger partial charge in [0.15, 0.2) is 0 Å². The summed E-state index contributed by atoms with van der Waals surface area (Å²) in [6, 6.07) is 5.21. The molecule has 1 aliphatic carbocycles. The van der Waals surface area contributed by atoms with Gasteiger partial charge in [-0.1, -0.05) is 6.42 Å². The van der Waals surface area contributed by atoms with Crippen LogP contribution in [0.25, 0.3) is 0 Å². The molecule has 0 bridgehead atoms. The first-order valence-corrected chi connectivity index (χ1v) is 6.77. The van der Waals surface area contributed by atoms with Crippen LogP contribution in [0.3, 0.4) is 0 Å². The number of rotatable bonds is 3. The maximum absolute atomic E-state index is 11.6. The Morgan fingerprint density at radius 2 is 1.90 bits per heavy atom. The van der Waals surface area contributed by atoms with Crippen LogP contribution in [0.15, 0.2) is 24.3 Å². The van der Waals surface area contributed by atoms with Gasteiger partial charge in [-0.15, -0.1) is 11.6 Å². The van der Waals surface area contributed by atoms with E-state index in [9.17, 15) is 14.9 Å². The van der Waals surface area contributed by atoms with Crippen LogP contribution in [0.2, 0.25) is 0 Å². The number of hydrogen-bond acceptors (Lipinski definition) is 5. The second kappa shape index (κ2) is 6.56. The largest absolute Gasteiger partial charge is 0.514 e. The number of carbonyl (C=O) groups excluding carboxylic acids is 1. The van der Waals surface area contributed by atoms with Crippen molar-refractivity contribution in [3.63, 3.8) is 0 Å². The minimum absolute atomic E-state index is 0.0705. The summed E-state index contributed by atoms with van der Waals surface area (Å²) in [7, 11) is 0. The van der Waals surface area contributed by atoms with E-state index in [0.717, 1.165) is 25.7 Å². The molecule has 0 amide bonds. The fraction of sp³-hybridized carbons (Fsp3) is 0.462. The molecular weight excluding hydrogens is 286 g/mol. The lowest BCUT2D eigenvalue weighted by atomic mass is 9.97. The van der Waals surface area contributed by atoms with Crippen molar-refractivity contribution in [1.29, 1.82) is 0 Å².